The number of halogens is 1. The molecule has 0 radical (unpaired) electrons. The van der Waals surface area contributed by atoms with Crippen molar-refractivity contribution in [2.75, 3.05) is 0 Å². The molecule has 0 spiro atoms. The van der Waals surface area contributed by atoms with Crippen LogP contribution in [0.25, 0.3) is 22.1 Å². The topological polar surface area (TPSA) is 82.0 Å². The molecule has 0 unspecified atom stereocenters. The quantitative estimate of drug-likeness (QED) is 0.497. The zero-order chi connectivity index (χ0) is 24.9. The molecule has 0 saturated heterocycles. The number of aromatic nitrogens is 4. The molecular weight excluding hydrogens is 435 g/mol. The smallest absolute Gasteiger partial charge is 0.350 e. The lowest BCUT2D eigenvalue weighted by Crippen LogP contribution is -2.26. The lowest BCUT2D eigenvalue weighted by molar-refractivity contribution is 0.264. The van der Waals surface area contributed by atoms with Crippen molar-refractivity contribution in [2.24, 2.45) is 0 Å². The molecule has 0 atom stereocenters. The zero-order valence-corrected chi connectivity index (χ0v) is 20.3. The third-order valence-corrected chi connectivity index (χ3v) is 6.14. The summed E-state index contributed by atoms with van der Waals surface area (Å²) in [6.45, 7) is 11.5. The standard InChI is InChI=1S/C26H29FN4O3/c1-7-29-23(14-32)28-31(25(29)34)22-12-17-18(11-20(22)27)24(33)30(13-19(17)26(4,5)6)21-10-15(2)8-9-16(21)3/h8-13,32H,7,14H2,1-6H3. The van der Waals surface area contributed by atoms with Crippen molar-refractivity contribution in [3.05, 3.63) is 85.7 Å². The van der Waals surface area contributed by atoms with Crippen LogP contribution in [-0.2, 0) is 18.6 Å². The molecule has 7 nitrogen and oxygen atoms in total. The Morgan fingerprint density at radius 1 is 1.03 bits per heavy atom. The molecule has 0 saturated carbocycles. The fourth-order valence-electron chi connectivity index (χ4n) is 4.30. The number of fused-ring (bicyclic) bond motifs is 1. The summed E-state index contributed by atoms with van der Waals surface area (Å²) in [4.78, 5) is 26.4. The van der Waals surface area contributed by atoms with Crippen LogP contribution in [0.5, 0.6) is 0 Å². The summed E-state index contributed by atoms with van der Waals surface area (Å²) in [5.41, 5.74) is 2.17. The van der Waals surface area contributed by atoms with E-state index < -0.39 is 18.1 Å². The van der Waals surface area contributed by atoms with Crippen LogP contribution in [0.15, 0.2) is 46.1 Å². The van der Waals surface area contributed by atoms with Crippen LogP contribution >= 0.6 is 0 Å². The minimum atomic E-state index is -0.740. The van der Waals surface area contributed by atoms with E-state index in [1.54, 1.807) is 17.7 Å². The highest BCUT2D eigenvalue weighted by Gasteiger charge is 2.24. The molecule has 0 aliphatic heterocycles. The Hall–Kier alpha value is -3.52. The molecule has 0 aliphatic carbocycles. The van der Waals surface area contributed by atoms with E-state index in [1.165, 1.54) is 16.7 Å². The van der Waals surface area contributed by atoms with Gasteiger partial charge in [-0.25, -0.2) is 9.18 Å². The van der Waals surface area contributed by atoms with Crippen LogP contribution in [0.1, 0.15) is 50.2 Å². The maximum absolute atomic E-state index is 15.4. The van der Waals surface area contributed by atoms with Gasteiger partial charge in [-0.15, -0.1) is 5.10 Å². The first-order valence-corrected chi connectivity index (χ1v) is 11.2. The van der Waals surface area contributed by atoms with Crippen molar-refractivity contribution in [3.8, 4) is 11.4 Å². The predicted octanol–water partition coefficient (Wildman–Crippen LogP) is 3.90. The minimum Gasteiger partial charge on any atom is -0.388 e. The van der Waals surface area contributed by atoms with Crippen molar-refractivity contribution in [2.45, 2.75) is 60.1 Å². The molecule has 4 rings (SSSR count). The van der Waals surface area contributed by atoms with Crippen LogP contribution in [0.3, 0.4) is 0 Å². The Bertz CT molecular complexity index is 1540. The zero-order valence-electron chi connectivity index (χ0n) is 20.3. The number of aliphatic hydroxyl groups excluding tert-OH is 1. The van der Waals surface area contributed by atoms with Gasteiger partial charge in [-0.05, 0) is 66.5 Å². The Balaban J connectivity index is 2.10. The van der Waals surface area contributed by atoms with Gasteiger partial charge in [0, 0.05) is 12.7 Å². The van der Waals surface area contributed by atoms with E-state index in [4.69, 9.17) is 0 Å². The lowest BCUT2D eigenvalue weighted by Gasteiger charge is -2.24. The molecule has 4 aromatic rings. The molecule has 1 N–H and O–H groups in total. The van der Waals surface area contributed by atoms with E-state index in [-0.39, 0.29) is 34.4 Å². The molecule has 178 valence electrons. The third kappa shape index (κ3) is 3.77. The normalized spacial score (nSPS) is 12.0. The van der Waals surface area contributed by atoms with E-state index in [0.717, 1.165) is 27.1 Å². The molecular formula is C26H29FN4O3. The number of aryl methyl sites for hydroxylation is 2. The largest absolute Gasteiger partial charge is 0.388 e. The number of rotatable bonds is 4. The van der Waals surface area contributed by atoms with Crippen molar-refractivity contribution in [1.29, 1.82) is 0 Å². The van der Waals surface area contributed by atoms with E-state index in [1.807, 2.05) is 52.8 Å². The fraction of sp³-hybridized carbons (Fsp3) is 0.346. The van der Waals surface area contributed by atoms with Crippen molar-refractivity contribution in [1.82, 2.24) is 18.9 Å². The van der Waals surface area contributed by atoms with Crippen LogP contribution < -0.4 is 11.2 Å². The van der Waals surface area contributed by atoms with E-state index in [0.29, 0.717) is 5.39 Å². The first kappa shape index (κ1) is 23.6. The summed E-state index contributed by atoms with van der Waals surface area (Å²) in [5, 5.41) is 14.5. The number of aliphatic hydroxyl groups is 1. The first-order chi connectivity index (χ1) is 16.0. The lowest BCUT2D eigenvalue weighted by atomic mass is 9.84. The average Bonchev–Trinajstić information content (AvgIpc) is 3.10. The highest BCUT2D eigenvalue weighted by atomic mass is 19.1. The highest BCUT2D eigenvalue weighted by molar-refractivity contribution is 5.88. The van der Waals surface area contributed by atoms with Crippen molar-refractivity contribution >= 4 is 10.8 Å². The van der Waals surface area contributed by atoms with Crippen LogP contribution in [0.4, 0.5) is 4.39 Å². The minimum absolute atomic E-state index is 0.0613. The van der Waals surface area contributed by atoms with Crippen molar-refractivity contribution in [3.63, 3.8) is 0 Å². The predicted molar refractivity (Wildman–Crippen MR) is 131 cm³/mol. The number of nitrogens with zero attached hydrogens (tertiary/aromatic N) is 4. The third-order valence-electron chi connectivity index (χ3n) is 6.14. The van der Waals surface area contributed by atoms with Gasteiger partial charge in [0.15, 0.2) is 5.82 Å². The van der Waals surface area contributed by atoms with E-state index >= 15 is 4.39 Å². The van der Waals surface area contributed by atoms with Gasteiger partial charge in [0.25, 0.3) is 5.56 Å². The number of hydrogen-bond donors (Lipinski definition) is 1. The molecule has 0 amide bonds. The molecule has 2 heterocycles. The molecule has 2 aromatic heterocycles. The van der Waals surface area contributed by atoms with Crippen LogP contribution in [0, 0.1) is 19.7 Å². The molecule has 34 heavy (non-hydrogen) atoms. The van der Waals surface area contributed by atoms with Gasteiger partial charge in [0.05, 0.1) is 11.1 Å². The molecule has 0 fully saturated rings. The molecule has 0 bridgehead atoms. The Kier molecular flexibility index (Phi) is 5.81. The summed E-state index contributed by atoms with van der Waals surface area (Å²) in [6.07, 6.45) is 1.81. The van der Waals surface area contributed by atoms with Gasteiger partial charge in [0.1, 0.15) is 18.1 Å². The Morgan fingerprint density at radius 2 is 1.74 bits per heavy atom. The van der Waals surface area contributed by atoms with Gasteiger partial charge in [-0.2, -0.15) is 4.68 Å². The van der Waals surface area contributed by atoms with E-state index in [2.05, 4.69) is 5.10 Å². The number of pyridine rings is 1. The average molecular weight is 465 g/mol. The SMILES string of the molecule is CCn1c(CO)nn(-c2cc3c(C(C)(C)C)cn(-c4cc(C)ccc4C)c(=O)c3cc2F)c1=O. The monoisotopic (exact) mass is 464 g/mol. The summed E-state index contributed by atoms with van der Waals surface area (Å²) in [6, 6.07) is 8.56. The van der Waals surface area contributed by atoms with Crippen LogP contribution in [0.2, 0.25) is 0 Å². The highest BCUT2D eigenvalue weighted by Crippen LogP contribution is 2.32. The number of benzene rings is 2. The fourth-order valence-corrected chi connectivity index (χ4v) is 4.30. The summed E-state index contributed by atoms with van der Waals surface area (Å²) >= 11 is 0. The summed E-state index contributed by atoms with van der Waals surface area (Å²) < 4.78 is 19.2. The number of hydrogen-bond acceptors (Lipinski definition) is 4. The Morgan fingerprint density at radius 3 is 2.32 bits per heavy atom. The van der Waals surface area contributed by atoms with Gasteiger partial charge in [0.2, 0.25) is 0 Å². The van der Waals surface area contributed by atoms with Gasteiger partial charge in [-0.1, -0.05) is 32.9 Å². The van der Waals surface area contributed by atoms with E-state index in [9.17, 15) is 14.7 Å². The summed E-state index contributed by atoms with van der Waals surface area (Å²) in [7, 11) is 0. The molecule has 0 aliphatic rings. The second kappa shape index (κ2) is 8.36. The van der Waals surface area contributed by atoms with Gasteiger partial charge >= 0.3 is 5.69 Å². The maximum atomic E-state index is 15.4. The van der Waals surface area contributed by atoms with Gasteiger partial charge < -0.3 is 5.11 Å². The maximum Gasteiger partial charge on any atom is 0.350 e. The molecule has 2 aromatic carbocycles. The second-order valence-corrected chi connectivity index (χ2v) is 9.62. The Labute approximate surface area is 196 Å². The summed E-state index contributed by atoms with van der Waals surface area (Å²) in [5.74, 6) is -0.594. The van der Waals surface area contributed by atoms with Crippen LogP contribution in [-0.4, -0.2) is 24.0 Å². The molecule has 8 heteroatoms. The second-order valence-electron chi connectivity index (χ2n) is 9.62. The van der Waals surface area contributed by atoms with Crippen molar-refractivity contribution < 1.29 is 9.50 Å². The van der Waals surface area contributed by atoms with Gasteiger partial charge in [-0.3, -0.25) is 13.9 Å². The first-order valence-electron chi connectivity index (χ1n) is 11.2.